The average Bonchev–Trinajstić information content (AvgIpc) is 1.72. The molecule has 646 valence electrons. The minimum Gasteiger partial charge on any atom is -0.310 e. The van der Waals surface area contributed by atoms with E-state index in [1.165, 1.54) is 38.0 Å². The van der Waals surface area contributed by atoms with Gasteiger partial charge in [0.25, 0.3) is 0 Å². The number of benzene rings is 22. The zero-order valence-electron chi connectivity index (χ0n) is 75.5. The van der Waals surface area contributed by atoms with Crippen molar-refractivity contribution < 1.29 is 0 Å². The highest BCUT2D eigenvalue weighted by atomic mass is 15.2. The highest BCUT2D eigenvalue weighted by molar-refractivity contribution is 6.16. The summed E-state index contributed by atoms with van der Waals surface area (Å²) in [5.74, 6) is 0. The summed E-state index contributed by atoms with van der Waals surface area (Å²) >= 11 is 0. The van der Waals surface area contributed by atoms with Crippen LogP contribution in [0.1, 0.15) is 0 Å². The molecule has 0 N–H and O–H groups in total. The average molecular weight is 1760 g/mol. The van der Waals surface area contributed by atoms with Gasteiger partial charge in [-0.15, -0.1) is 0 Å². The molecule has 0 bridgehead atoms. The van der Waals surface area contributed by atoms with Crippen LogP contribution in [0.15, 0.2) is 534 Å². The van der Waals surface area contributed by atoms with E-state index >= 15 is 0 Å². The molecule has 0 atom stereocenters. The van der Waals surface area contributed by atoms with Gasteiger partial charge in [0, 0.05) is 99.5 Å². The molecule has 0 radical (unpaired) electrons. The lowest BCUT2D eigenvalue weighted by atomic mass is 9.87. The Morgan fingerprint density at radius 1 is 0.130 bits per heavy atom. The molecule has 4 aromatic heterocycles. The van der Waals surface area contributed by atoms with Crippen LogP contribution in [-0.4, -0.2) is 18.3 Å². The molecule has 0 spiro atoms. The number of anilines is 6. The van der Waals surface area contributed by atoms with Crippen molar-refractivity contribution in [3.63, 3.8) is 0 Å². The molecule has 0 fully saturated rings. The topological polar surface area (TPSA) is 26.2 Å². The first kappa shape index (κ1) is 80.5. The molecule has 0 saturated carbocycles. The minimum absolute atomic E-state index is 1.01. The molecule has 26 rings (SSSR count). The first-order chi connectivity index (χ1) is 68.5. The molecule has 4 heterocycles. The fourth-order valence-electron chi connectivity index (χ4n) is 21.9. The van der Waals surface area contributed by atoms with Gasteiger partial charge in [-0.05, 0) is 217 Å². The van der Waals surface area contributed by atoms with Gasteiger partial charge in [-0.25, -0.2) is 0 Å². The van der Waals surface area contributed by atoms with Gasteiger partial charge in [0.1, 0.15) is 0 Å². The van der Waals surface area contributed by atoms with Crippen molar-refractivity contribution >= 4 is 121 Å². The van der Waals surface area contributed by atoms with Crippen molar-refractivity contribution in [3.05, 3.63) is 534 Å². The Bertz CT molecular complexity index is 9060. The van der Waals surface area contributed by atoms with Gasteiger partial charge in [-0.2, -0.15) is 0 Å². The molecule has 0 amide bonds. The van der Waals surface area contributed by atoms with E-state index < -0.39 is 0 Å². The van der Waals surface area contributed by atoms with E-state index in [4.69, 9.17) is 0 Å². The zero-order chi connectivity index (χ0) is 91.1. The Morgan fingerprint density at radius 2 is 0.413 bits per heavy atom. The molecule has 0 aliphatic carbocycles. The van der Waals surface area contributed by atoms with Gasteiger partial charge in [0.2, 0.25) is 0 Å². The SMILES string of the molecule is c1ccc(-c2ccccc2-c2c(-c3ccccc3)cccc2N(c2ccc(-c3ccc(-c4ccc5c6ccc(N(c7ccc(-c8ccccc8-n8c9ccccc9c9ccccc98)cc7)c7cccc(-c8ccccc8)c7-c7ccccc7-c7ccccc7)cc6n(-c6ccccc6)c5c4)cc3-n3c4ccccc4c4ccccc43)cc2)c2ccc3c(c2)c2ccccc2n3-c2ccccc2)cc1. The summed E-state index contributed by atoms with van der Waals surface area (Å²) in [7, 11) is 0. The lowest BCUT2D eigenvalue weighted by Crippen LogP contribution is -2.12. The van der Waals surface area contributed by atoms with Crippen molar-refractivity contribution in [1.82, 2.24) is 18.3 Å². The van der Waals surface area contributed by atoms with Gasteiger partial charge in [0.05, 0.1) is 66.9 Å². The minimum atomic E-state index is 1.01. The number of nitrogens with zero attached hydrogens (tertiary/aromatic N) is 6. The third kappa shape index (κ3) is 13.7. The molecular weight excluding hydrogens is 1670 g/mol. The second-order valence-electron chi connectivity index (χ2n) is 35.7. The second kappa shape index (κ2) is 34.0. The fraction of sp³-hybridized carbons (Fsp3) is 0. The molecule has 0 aliphatic heterocycles. The molecule has 0 saturated heterocycles. The summed E-state index contributed by atoms with van der Waals surface area (Å²) in [6.07, 6.45) is 0. The molecule has 6 heteroatoms. The Labute approximate surface area is 800 Å². The number of rotatable bonds is 19. The van der Waals surface area contributed by atoms with Crippen LogP contribution in [0.25, 0.3) is 210 Å². The Kier molecular flexibility index (Phi) is 19.9. The summed E-state index contributed by atoms with van der Waals surface area (Å²) in [5.41, 5.74) is 39.9. The summed E-state index contributed by atoms with van der Waals surface area (Å²) < 4.78 is 9.84. The lowest BCUT2D eigenvalue weighted by Gasteiger charge is -2.30. The molecular formula is C132H88N6. The second-order valence-corrected chi connectivity index (χ2v) is 35.7. The Morgan fingerprint density at radius 3 is 0.877 bits per heavy atom. The maximum atomic E-state index is 2.51. The van der Waals surface area contributed by atoms with Crippen molar-refractivity contribution in [1.29, 1.82) is 0 Å². The van der Waals surface area contributed by atoms with Gasteiger partial charge >= 0.3 is 0 Å². The summed E-state index contributed by atoms with van der Waals surface area (Å²) in [6.45, 7) is 0. The molecule has 0 unspecified atom stereocenters. The predicted octanol–water partition coefficient (Wildman–Crippen LogP) is 36.0. The maximum Gasteiger partial charge on any atom is 0.0561 e. The van der Waals surface area contributed by atoms with Gasteiger partial charge in [0.15, 0.2) is 0 Å². The highest BCUT2D eigenvalue weighted by Gasteiger charge is 2.30. The van der Waals surface area contributed by atoms with Crippen LogP contribution in [0.3, 0.4) is 0 Å². The number of fused-ring (bicyclic) bond motifs is 12. The van der Waals surface area contributed by atoms with Crippen LogP contribution < -0.4 is 9.80 Å². The predicted molar refractivity (Wildman–Crippen MR) is 582 cm³/mol. The molecule has 6 nitrogen and oxygen atoms in total. The summed E-state index contributed by atoms with van der Waals surface area (Å²) in [4.78, 5) is 5.01. The first-order valence-corrected chi connectivity index (χ1v) is 47.4. The quantitative estimate of drug-likeness (QED) is 0.0806. The number of para-hydroxylation sites is 8. The normalized spacial score (nSPS) is 11.6. The van der Waals surface area contributed by atoms with Crippen LogP contribution in [0.2, 0.25) is 0 Å². The molecule has 0 aliphatic rings. The summed E-state index contributed by atoms with van der Waals surface area (Å²) in [6, 6.07) is 197. The molecule has 22 aromatic carbocycles. The van der Waals surface area contributed by atoms with Crippen LogP contribution in [-0.2, 0) is 0 Å². The van der Waals surface area contributed by atoms with Crippen LogP contribution >= 0.6 is 0 Å². The lowest BCUT2D eigenvalue weighted by molar-refractivity contribution is 1.17. The summed E-state index contributed by atoms with van der Waals surface area (Å²) in [5, 5.41) is 9.49. The Hall–Kier alpha value is -18.4. The first-order valence-electron chi connectivity index (χ1n) is 47.4. The maximum absolute atomic E-state index is 2.51. The third-order valence-electron chi connectivity index (χ3n) is 28.0. The molecule has 138 heavy (non-hydrogen) atoms. The fourth-order valence-corrected chi connectivity index (χ4v) is 21.9. The molecule has 26 aromatic rings. The van der Waals surface area contributed by atoms with Gasteiger partial charge < -0.3 is 28.1 Å². The third-order valence-corrected chi connectivity index (χ3v) is 28.0. The largest absolute Gasteiger partial charge is 0.310 e. The van der Waals surface area contributed by atoms with Crippen molar-refractivity contribution in [3.8, 4) is 123 Å². The van der Waals surface area contributed by atoms with Crippen LogP contribution in [0.5, 0.6) is 0 Å². The van der Waals surface area contributed by atoms with Gasteiger partial charge in [-0.1, -0.05) is 394 Å². The van der Waals surface area contributed by atoms with Crippen molar-refractivity contribution in [2.75, 3.05) is 9.80 Å². The van der Waals surface area contributed by atoms with Crippen molar-refractivity contribution in [2.24, 2.45) is 0 Å². The van der Waals surface area contributed by atoms with Crippen LogP contribution in [0, 0.1) is 0 Å². The van der Waals surface area contributed by atoms with Crippen molar-refractivity contribution in [2.45, 2.75) is 0 Å². The highest BCUT2D eigenvalue weighted by Crippen LogP contribution is 2.54. The van der Waals surface area contributed by atoms with Gasteiger partial charge in [-0.3, -0.25) is 0 Å². The van der Waals surface area contributed by atoms with E-state index in [0.717, 1.165) is 206 Å². The van der Waals surface area contributed by atoms with E-state index in [2.05, 4.69) is 562 Å². The van der Waals surface area contributed by atoms with E-state index in [9.17, 15) is 0 Å². The number of hydrogen-bond acceptors (Lipinski definition) is 2. The number of aromatic nitrogens is 4. The number of hydrogen-bond donors (Lipinski definition) is 0. The van der Waals surface area contributed by atoms with E-state index in [1.807, 2.05) is 0 Å². The van der Waals surface area contributed by atoms with E-state index in [1.54, 1.807) is 0 Å². The van der Waals surface area contributed by atoms with E-state index in [0.29, 0.717) is 0 Å². The Balaban J connectivity index is 0.654. The monoisotopic (exact) mass is 1760 g/mol. The zero-order valence-corrected chi connectivity index (χ0v) is 75.5. The smallest absolute Gasteiger partial charge is 0.0561 e. The van der Waals surface area contributed by atoms with E-state index in [-0.39, 0.29) is 0 Å². The standard InChI is InChI=1S/C132H88N6/c1-7-37-89(38-8-1)103-49-19-21-57-116(103)131-107(91-41-11-3-12-42-91)59-35-67-126(131)133(101-80-84-125-118(87-101)113-56-28-30-62-120(113)135(125)97-45-15-5-16-46-97)99-77-71-94(72-78-99)106-81-73-95(85-128(106)138-123-65-33-26-54-111(123)112-55-27-34-66-124(112)138)96-74-82-114-115-83-79-102(88-130(115)136(129(114)86-96)98-47-17-6-18-48-98)134(127-68-36-60-108(92-43-13-4-14-44-92)132(127)117-58-22-20-50-104(117)90-39-9-2-10-40-90)100-75-69-93(70-76-100)105-51-23-29-61-119(105)137-121-63-31-24-52-109(121)110-53-25-32-64-122(110)137/h1-88H. The van der Waals surface area contributed by atoms with Crippen LogP contribution in [0.4, 0.5) is 34.1 Å².